The van der Waals surface area contributed by atoms with Crippen molar-refractivity contribution in [3.63, 3.8) is 0 Å². The van der Waals surface area contributed by atoms with E-state index in [1.54, 1.807) is 35.5 Å². The fourth-order valence-corrected chi connectivity index (χ4v) is 4.78. The summed E-state index contributed by atoms with van der Waals surface area (Å²) < 4.78 is 3.58. The Hall–Kier alpha value is -3.26. The number of pyridine rings is 2. The number of nitrogens with zero attached hydrogens (tertiary/aromatic N) is 5. The van der Waals surface area contributed by atoms with Gasteiger partial charge < -0.3 is 9.88 Å². The van der Waals surface area contributed by atoms with Gasteiger partial charge in [-0.1, -0.05) is 6.07 Å². The van der Waals surface area contributed by atoms with Crippen LogP contribution in [0.2, 0.25) is 0 Å². The van der Waals surface area contributed by atoms with Crippen molar-refractivity contribution in [2.75, 3.05) is 25.0 Å². The summed E-state index contributed by atoms with van der Waals surface area (Å²) >= 11 is 0. The van der Waals surface area contributed by atoms with Crippen LogP contribution in [0.15, 0.2) is 53.8 Å². The lowest BCUT2D eigenvalue weighted by molar-refractivity contribution is -0.117. The maximum atomic E-state index is 12.8. The van der Waals surface area contributed by atoms with Gasteiger partial charge in [0.25, 0.3) is 5.56 Å². The predicted molar refractivity (Wildman–Crippen MR) is 113 cm³/mol. The van der Waals surface area contributed by atoms with Crippen LogP contribution in [0.5, 0.6) is 0 Å². The van der Waals surface area contributed by atoms with Crippen molar-refractivity contribution in [2.24, 2.45) is 13.0 Å². The molecule has 0 unspecified atom stereocenters. The molecular formula is C22H24N6O2. The van der Waals surface area contributed by atoms with Gasteiger partial charge in [0.05, 0.1) is 18.4 Å². The van der Waals surface area contributed by atoms with Crippen molar-refractivity contribution in [1.29, 1.82) is 0 Å². The van der Waals surface area contributed by atoms with E-state index in [-0.39, 0.29) is 17.4 Å². The molecule has 1 saturated heterocycles. The van der Waals surface area contributed by atoms with E-state index in [0.29, 0.717) is 24.7 Å². The molecule has 30 heavy (non-hydrogen) atoms. The van der Waals surface area contributed by atoms with E-state index in [1.807, 2.05) is 23.7 Å². The number of anilines is 1. The number of hydrogen-bond donors (Lipinski definition) is 1. The van der Waals surface area contributed by atoms with E-state index in [9.17, 15) is 9.59 Å². The third-order valence-corrected chi connectivity index (χ3v) is 5.98. The second-order valence-electron chi connectivity index (χ2n) is 8.30. The van der Waals surface area contributed by atoms with Crippen LogP contribution in [-0.2, 0) is 18.4 Å². The molecule has 8 heteroatoms. The zero-order valence-corrected chi connectivity index (χ0v) is 16.9. The molecule has 154 valence electrons. The molecule has 0 aliphatic carbocycles. The number of amides is 1. The van der Waals surface area contributed by atoms with Crippen molar-refractivity contribution >= 4 is 11.6 Å². The fraction of sp³-hybridized carbons (Fsp3) is 0.364. The minimum absolute atomic E-state index is 0.0375. The van der Waals surface area contributed by atoms with E-state index in [1.165, 1.54) is 0 Å². The third-order valence-electron chi connectivity index (χ3n) is 5.98. The monoisotopic (exact) mass is 404 g/mol. The summed E-state index contributed by atoms with van der Waals surface area (Å²) in [6, 6.07) is 7.69. The first-order valence-corrected chi connectivity index (χ1v) is 10.2. The molecule has 2 aliphatic heterocycles. The highest BCUT2D eigenvalue weighted by atomic mass is 16.2. The summed E-state index contributed by atoms with van der Waals surface area (Å²) in [5.41, 5.74) is 3.67. The molecule has 3 aromatic rings. The Morgan fingerprint density at radius 3 is 2.87 bits per heavy atom. The molecule has 8 nitrogen and oxygen atoms in total. The number of rotatable bonds is 4. The molecular weight excluding hydrogens is 380 g/mol. The van der Waals surface area contributed by atoms with E-state index < -0.39 is 0 Å². The molecule has 2 bridgehead atoms. The summed E-state index contributed by atoms with van der Waals surface area (Å²) in [7, 11) is 1.82. The zero-order valence-electron chi connectivity index (χ0n) is 16.9. The van der Waals surface area contributed by atoms with Gasteiger partial charge in [-0.2, -0.15) is 5.10 Å². The summed E-state index contributed by atoms with van der Waals surface area (Å²) in [4.78, 5) is 31.7. The first-order valence-electron chi connectivity index (χ1n) is 10.2. The highest BCUT2D eigenvalue weighted by Gasteiger charge is 2.35. The first-order chi connectivity index (χ1) is 14.5. The number of likely N-dealkylation sites (tertiary alicyclic amines) is 1. The predicted octanol–water partition coefficient (Wildman–Crippen LogP) is 1.70. The number of aromatic nitrogens is 4. The average molecular weight is 404 g/mol. The Labute approximate surface area is 174 Å². The van der Waals surface area contributed by atoms with Crippen molar-refractivity contribution in [1.82, 2.24) is 24.2 Å². The number of nitrogens with one attached hydrogen (secondary N) is 1. The molecule has 5 heterocycles. The number of fused-ring (bicyclic) bond motifs is 4. The average Bonchev–Trinajstić information content (AvgIpc) is 3.13. The lowest BCUT2D eigenvalue weighted by Crippen LogP contribution is -2.49. The molecule has 1 N–H and O–H groups in total. The van der Waals surface area contributed by atoms with Crippen LogP contribution in [0.4, 0.5) is 5.69 Å². The van der Waals surface area contributed by atoms with Crippen LogP contribution < -0.4 is 10.9 Å². The van der Waals surface area contributed by atoms with Crippen LogP contribution >= 0.6 is 0 Å². The van der Waals surface area contributed by atoms with Gasteiger partial charge in [0.1, 0.15) is 0 Å². The maximum Gasteiger partial charge on any atom is 0.251 e. The number of aryl methyl sites for hydroxylation is 1. The number of carbonyl (C=O) groups excluding carboxylic acids is 1. The first kappa shape index (κ1) is 18.7. The van der Waals surface area contributed by atoms with Gasteiger partial charge in [0, 0.05) is 68.5 Å². The van der Waals surface area contributed by atoms with Crippen molar-refractivity contribution in [3.8, 4) is 11.1 Å². The Kier molecular flexibility index (Phi) is 4.71. The maximum absolute atomic E-state index is 12.8. The SMILES string of the molecule is Cn1cc(NC(=O)CN2C[C@@H]3C[C@H](C2)c2cc(-c4cccnc4)cc(=O)n2C3)cn1. The Morgan fingerprint density at radius 2 is 2.10 bits per heavy atom. The van der Waals surface area contributed by atoms with Gasteiger partial charge in [-0.15, -0.1) is 0 Å². The normalized spacial score (nSPS) is 20.6. The number of piperidine rings is 1. The molecule has 0 aromatic carbocycles. The van der Waals surface area contributed by atoms with Crippen molar-refractivity contribution in [2.45, 2.75) is 18.9 Å². The van der Waals surface area contributed by atoms with E-state index in [0.717, 1.165) is 36.3 Å². The van der Waals surface area contributed by atoms with E-state index in [2.05, 4.69) is 26.4 Å². The minimum Gasteiger partial charge on any atom is -0.322 e. The van der Waals surface area contributed by atoms with Crippen molar-refractivity contribution < 1.29 is 4.79 Å². The van der Waals surface area contributed by atoms with Gasteiger partial charge in [0.15, 0.2) is 0 Å². The van der Waals surface area contributed by atoms with Gasteiger partial charge in [-0.25, -0.2) is 0 Å². The molecule has 1 fully saturated rings. The summed E-state index contributed by atoms with van der Waals surface area (Å²) in [6.45, 7) is 2.65. The number of carbonyl (C=O) groups is 1. The zero-order chi connectivity index (χ0) is 20.7. The van der Waals surface area contributed by atoms with E-state index in [4.69, 9.17) is 0 Å². The van der Waals surface area contributed by atoms with Crippen LogP contribution in [0.3, 0.4) is 0 Å². The van der Waals surface area contributed by atoms with Gasteiger partial charge in [-0.05, 0) is 30.0 Å². The van der Waals surface area contributed by atoms with Crippen LogP contribution in [-0.4, -0.2) is 49.8 Å². The lowest BCUT2D eigenvalue weighted by Gasteiger charge is -2.42. The second kappa shape index (κ2) is 7.53. The molecule has 0 spiro atoms. The van der Waals surface area contributed by atoms with Crippen LogP contribution in [0.1, 0.15) is 18.0 Å². The Bertz CT molecular complexity index is 1140. The molecule has 0 radical (unpaired) electrons. The minimum atomic E-state index is -0.0375. The summed E-state index contributed by atoms with van der Waals surface area (Å²) in [6.07, 6.45) is 8.00. The summed E-state index contributed by atoms with van der Waals surface area (Å²) in [5.74, 6) is 0.585. The number of hydrogen-bond acceptors (Lipinski definition) is 5. The van der Waals surface area contributed by atoms with Gasteiger partial charge in [0.2, 0.25) is 5.91 Å². The molecule has 2 atom stereocenters. The van der Waals surface area contributed by atoms with Gasteiger partial charge >= 0.3 is 0 Å². The van der Waals surface area contributed by atoms with Gasteiger partial charge in [-0.3, -0.25) is 24.2 Å². The quantitative estimate of drug-likeness (QED) is 0.716. The highest BCUT2D eigenvalue weighted by Crippen LogP contribution is 2.36. The molecule has 2 aliphatic rings. The molecule has 1 amide bonds. The smallest absolute Gasteiger partial charge is 0.251 e. The topological polar surface area (TPSA) is 85.0 Å². The lowest BCUT2D eigenvalue weighted by atomic mass is 9.82. The summed E-state index contributed by atoms with van der Waals surface area (Å²) in [5, 5.41) is 6.99. The largest absolute Gasteiger partial charge is 0.322 e. The molecule has 3 aromatic heterocycles. The van der Waals surface area contributed by atoms with Crippen LogP contribution in [0, 0.1) is 5.92 Å². The highest BCUT2D eigenvalue weighted by molar-refractivity contribution is 5.92. The Morgan fingerprint density at radius 1 is 1.20 bits per heavy atom. The standard InChI is InChI=1S/C22H24N6O2/c1-26-13-19(9-24-26)25-21(29)14-27-10-15-5-18(12-27)20-6-17(7-22(30)28(20)11-15)16-3-2-4-23-8-16/h2-4,6-9,13,15,18H,5,10-12,14H2,1H3,(H,25,29)/t15-,18+/m0/s1. The molecule has 5 rings (SSSR count). The van der Waals surface area contributed by atoms with Crippen LogP contribution in [0.25, 0.3) is 11.1 Å². The Balaban J connectivity index is 1.35. The van der Waals surface area contributed by atoms with E-state index >= 15 is 0 Å². The third kappa shape index (κ3) is 3.66. The molecule has 0 saturated carbocycles. The fourth-order valence-electron chi connectivity index (χ4n) is 4.78. The van der Waals surface area contributed by atoms with Crippen molar-refractivity contribution in [3.05, 3.63) is 65.1 Å². The second-order valence-corrected chi connectivity index (χ2v) is 8.30.